The molecule has 0 saturated heterocycles. The van der Waals surface area contributed by atoms with E-state index in [1.165, 1.54) is 11.3 Å². The zero-order chi connectivity index (χ0) is 11.5. The molecule has 16 heavy (non-hydrogen) atoms. The molecule has 0 bridgehead atoms. The van der Waals surface area contributed by atoms with Gasteiger partial charge in [0.2, 0.25) is 0 Å². The molecule has 0 radical (unpaired) electrons. The summed E-state index contributed by atoms with van der Waals surface area (Å²) in [4.78, 5) is 15.9. The third-order valence-corrected chi connectivity index (χ3v) is 3.70. The molecule has 0 atom stereocenters. The van der Waals surface area contributed by atoms with E-state index in [1.807, 2.05) is 17.5 Å². The van der Waals surface area contributed by atoms with Crippen molar-refractivity contribution in [1.82, 2.24) is 4.98 Å². The summed E-state index contributed by atoms with van der Waals surface area (Å²) >= 11 is 8.05. The molecule has 0 unspecified atom stereocenters. The molecule has 0 fully saturated rings. The molecule has 0 aliphatic heterocycles. The minimum Gasteiger partial charge on any atom is -0.298 e. The fourth-order valence-electron chi connectivity index (χ4n) is 1.12. The van der Waals surface area contributed by atoms with E-state index in [0.717, 1.165) is 8.95 Å². The van der Waals surface area contributed by atoms with Crippen LogP contribution in [0.2, 0.25) is 0 Å². The van der Waals surface area contributed by atoms with Crippen molar-refractivity contribution in [2.75, 3.05) is 5.32 Å². The predicted octanol–water partition coefficient (Wildman–Crippen LogP) is 3.92. The van der Waals surface area contributed by atoms with Gasteiger partial charge in [-0.25, -0.2) is 4.98 Å². The van der Waals surface area contributed by atoms with Gasteiger partial charge in [-0.3, -0.25) is 10.1 Å². The Bertz CT molecular complexity index is 514. The van der Waals surface area contributed by atoms with Crippen molar-refractivity contribution in [3.05, 3.63) is 44.3 Å². The largest absolute Gasteiger partial charge is 0.298 e. The number of hydrogen-bond donors (Lipinski definition) is 1. The molecule has 3 nitrogen and oxygen atoms in total. The summed E-state index contributed by atoms with van der Waals surface area (Å²) in [6.45, 7) is 0. The number of carbonyl (C=O) groups is 1. The lowest BCUT2D eigenvalue weighted by Gasteiger charge is -2.04. The highest BCUT2D eigenvalue weighted by atomic mass is 79.9. The molecule has 6 heteroatoms. The van der Waals surface area contributed by atoms with Crippen LogP contribution in [0.25, 0.3) is 0 Å². The predicted molar refractivity (Wildman–Crippen MR) is 71.9 cm³/mol. The number of nitrogens with one attached hydrogen (secondary N) is 1. The Hall–Kier alpha value is -0.720. The third-order valence-electron chi connectivity index (χ3n) is 1.83. The SMILES string of the molecule is O=C(Nc1nccs1)c1cc(Br)ccc1Br. The molecule has 1 aromatic carbocycles. The van der Waals surface area contributed by atoms with E-state index in [1.54, 1.807) is 12.3 Å². The molecule has 0 aliphatic rings. The molecule has 2 aromatic rings. The van der Waals surface area contributed by atoms with Crippen molar-refractivity contribution in [1.29, 1.82) is 0 Å². The lowest BCUT2D eigenvalue weighted by atomic mass is 10.2. The first-order chi connectivity index (χ1) is 7.66. The summed E-state index contributed by atoms with van der Waals surface area (Å²) in [5.74, 6) is -0.178. The zero-order valence-corrected chi connectivity index (χ0v) is 11.9. The monoisotopic (exact) mass is 360 g/mol. The molecule has 1 aromatic heterocycles. The van der Waals surface area contributed by atoms with Crippen LogP contribution in [-0.4, -0.2) is 10.9 Å². The standard InChI is InChI=1S/C10H6Br2N2OS/c11-6-1-2-8(12)7(5-6)9(15)14-10-13-3-4-16-10/h1-5H,(H,13,14,15). The van der Waals surface area contributed by atoms with Gasteiger partial charge in [0.25, 0.3) is 5.91 Å². The van der Waals surface area contributed by atoms with Gasteiger partial charge in [-0.05, 0) is 34.1 Å². The van der Waals surface area contributed by atoms with Gasteiger partial charge in [0.1, 0.15) is 0 Å². The molecular formula is C10H6Br2N2OS. The van der Waals surface area contributed by atoms with E-state index in [4.69, 9.17) is 0 Å². The summed E-state index contributed by atoms with van der Waals surface area (Å²) in [6, 6.07) is 5.44. The fourth-order valence-corrected chi connectivity index (χ4v) is 2.43. The summed E-state index contributed by atoms with van der Waals surface area (Å²) in [5.41, 5.74) is 0.574. The van der Waals surface area contributed by atoms with Crippen molar-refractivity contribution in [3.8, 4) is 0 Å². The van der Waals surface area contributed by atoms with Crippen LogP contribution in [0.1, 0.15) is 10.4 Å². The first-order valence-electron chi connectivity index (χ1n) is 4.33. The minimum absolute atomic E-state index is 0.178. The Morgan fingerprint density at radius 1 is 1.38 bits per heavy atom. The Morgan fingerprint density at radius 2 is 2.19 bits per heavy atom. The van der Waals surface area contributed by atoms with Crippen LogP contribution in [0.5, 0.6) is 0 Å². The van der Waals surface area contributed by atoms with Crippen LogP contribution < -0.4 is 5.32 Å². The van der Waals surface area contributed by atoms with E-state index < -0.39 is 0 Å². The van der Waals surface area contributed by atoms with Crippen LogP contribution in [0.4, 0.5) is 5.13 Å². The van der Waals surface area contributed by atoms with Gasteiger partial charge in [0, 0.05) is 20.5 Å². The average molecular weight is 362 g/mol. The topological polar surface area (TPSA) is 42.0 Å². The summed E-state index contributed by atoms with van der Waals surface area (Å²) < 4.78 is 1.62. The number of carbonyl (C=O) groups excluding carboxylic acids is 1. The summed E-state index contributed by atoms with van der Waals surface area (Å²) in [5, 5.41) is 5.13. The Balaban J connectivity index is 2.24. The molecule has 0 spiro atoms. The number of benzene rings is 1. The van der Waals surface area contributed by atoms with Crippen LogP contribution >= 0.6 is 43.2 Å². The first-order valence-corrected chi connectivity index (χ1v) is 6.79. The molecule has 0 aliphatic carbocycles. The van der Waals surface area contributed by atoms with E-state index in [9.17, 15) is 4.79 Å². The third kappa shape index (κ3) is 2.69. The minimum atomic E-state index is -0.178. The van der Waals surface area contributed by atoms with Crippen molar-refractivity contribution in [2.45, 2.75) is 0 Å². The number of aromatic nitrogens is 1. The van der Waals surface area contributed by atoms with Crippen LogP contribution in [0.3, 0.4) is 0 Å². The molecule has 1 N–H and O–H groups in total. The lowest BCUT2D eigenvalue weighted by Crippen LogP contribution is -2.12. The summed E-state index contributed by atoms with van der Waals surface area (Å²) in [7, 11) is 0. The molecular weight excluding hydrogens is 356 g/mol. The maximum absolute atomic E-state index is 11.9. The van der Waals surface area contributed by atoms with Gasteiger partial charge in [0.15, 0.2) is 5.13 Å². The second-order valence-electron chi connectivity index (χ2n) is 2.92. The Morgan fingerprint density at radius 3 is 2.88 bits per heavy atom. The molecule has 2 rings (SSSR count). The number of anilines is 1. The van der Waals surface area contributed by atoms with Crippen LogP contribution in [-0.2, 0) is 0 Å². The highest BCUT2D eigenvalue weighted by molar-refractivity contribution is 9.11. The van der Waals surface area contributed by atoms with Crippen molar-refractivity contribution in [3.63, 3.8) is 0 Å². The Labute approximate surface area is 113 Å². The first kappa shape index (κ1) is 11.8. The van der Waals surface area contributed by atoms with Crippen LogP contribution in [0.15, 0.2) is 38.7 Å². The van der Waals surface area contributed by atoms with E-state index in [0.29, 0.717) is 10.7 Å². The number of thiazole rings is 1. The van der Waals surface area contributed by atoms with Gasteiger partial charge < -0.3 is 0 Å². The molecule has 1 amide bonds. The van der Waals surface area contributed by atoms with Gasteiger partial charge in [-0.15, -0.1) is 11.3 Å². The van der Waals surface area contributed by atoms with Crippen molar-refractivity contribution in [2.24, 2.45) is 0 Å². The number of halogens is 2. The fraction of sp³-hybridized carbons (Fsp3) is 0. The van der Waals surface area contributed by atoms with E-state index >= 15 is 0 Å². The molecule has 82 valence electrons. The normalized spacial score (nSPS) is 10.1. The highest BCUT2D eigenvalue weighted by Gasteiger charge is 2.11. The average Bonchev–Trinajstić information content (AvgIpc) is 2.74. The maximum Gasteiger partial charge on any atom is 0.258 e. The Kier molecular flexibility index (Phi) is 3.73. The van der Waals surface area contributed by atoms with Crippen molar-refractivity contribution >= 4 is 54.2 Å². The number of nitrogens with zero attached hydrogens (tertiary/aromatic N) is 1. The number of rotatable bonds is 2. The molecule has 0 saturated carbocycles. The zero-order valence-electron chi connectivity index (χ0n) is 7.91. The van der Waals surface area contributed by atoms with Gasteiger partial charge >= 0.3 is 0 Å². The smallest absolute Gasteiger partial charge is 0.258 e. The van der Waals surface area contributed by atoms with Gasteiger partial charge in [0.05, 0.1) is 5.56 Å². The van der Waals surface area contributed by atoms with Gasteiger partial charge in [-0.1, -0.05) is 15.9 Å². The van der Waals surface area contributed by atoms with Gasteiger partial charge in [-0.2, -0.15) is 0 Å². The maximum atomic E-state index is 11.9. The quantitative estimate of drug-likeness (QED) is 0.880. The van der Waals surface area contributed by atoms with Crippen molar-refractivity contribution < 1.29 is 4.79 Å². The highest BCUT2D eigenvalue weighted by Crippen LogP contribution is 2.23. The van der Waals surface area contributed by atoms with E-state index in [2.05, 4.69) is 42.2 Å². The number of hydrogen-bond acceptors (Lipinski definition) is 3. The lowest BCUT2D eigenvalue weighted by molar-refractivity contribution is 0.102. The van der Waals surface area contributed by atoms with Crippen LogP contribution in [0, 0.1) is 0 Å². The molecule has 1 heterocycles. The second-order valence-corrected chi connectivity index (χ2v) is 5.58. The second kappa shape index (κ2) is 5.07. The van der Waals surface area contributed by atoms with E-state index in [-0.39, 0.29) is 5.91 Å². The summed E-state index contributed by atoms with van der Waals surface area (Å²) in [6.07, 6.45) is 1.65. The number of amides is 1.